The average molecular weight is 283 g/mol. The monoisotopic (exact) mass is 283 g/mol. The highest BCUT2D eigenvalue weighted by atomic mass is 16.3. The molecule has 0 saturated carbocycles. The van der Waals surface area contributed by atoms with Crippen molar-refractivity contribution >= 4 is 5.91 Å². The molecule has 5 heteroatoms. The number of likely N-dealkylation sites (tertiary alicyclic amines) is 1. The van der Waals surface area contributed by atoms with Crippen molar-refractivity contribution in [1.29, 1.82) is 0 Å². The summed E-state index contributed by atoms with van der Waals surface area (Å²) in [5, 5.41) is 16.2. The molecule has 0 bridgehead atoms. The van der Waals surface area contributed by atoms with Crippen LogP contribution in [0.2, 0.25) is 0 Å². The fourth-order valence-electron chi connectivity index (χ4n) is 3.10. The molecule has 2 rings (SSSR count). The summed E-state index contributed by atoms with van der Waals surface area (Å²) in [5.74, 6) is 0.817. The van der Waals surface area contributed by atoms with Crippen LogP contribution >= 0.6 is 0 Å². The predicted molar refractivity (Wildman–Crippen MR) is 79.5 cm³/mol. The van der Waals surface area contributed by atoms with E-state index in [1.54, 1.807) is 0 Å². The predicted octanol–water partition coefficient (Wildman–Crippen LogP) is 0.338. The Kier molecular flexibility index (Phi) is 5.41. The third kappa shape index (κ3) is 4.17. The lowest BCUT2D eigenvalue weighted by Crippen LogP contribution is -2.53. The van der Waals surface area contributed by atoms with Crippen LogP contribution in [0.25, 0.3) is 0 Å². The van der Waals surface area contributed by atoms with Crippen molar-refractivity contribution in [3.63, 3.8) is 0 Å². The van der Waals surface area contributed by atoms with Gasteiger partial charge in [0.2, 0.25) is 5.91 Å². The molecule has 2 aliphatic heterocycles. The van der Waals surface area contributed by atoms with Gasteiger partial charge in [-0.1, -0.05) is 6.92 Å². The third-order valence-corrected chi connectivity index (χ3v) is 4.71. The number of aliphatic hydroxyl groups is 1. The molecular formula is C15H29N3O2. The topological polar surface area (TPSA) is 64.6 Å². The Morgan fingerprint density at radius 1 is 1.50 bits per heavy atom. The molecule has 2 aliphatic rings. The number of hydrogen-bond donors (Lipinski definition) is 3. The van der Waals surface area contributed by atoms with Gasteiger partial charge < -0.3 is 20.6 Å². The van der Waals surface area contributed by atoms with E-state index in [0.29, 0.717) is 13.1 Å². The minimum Gasteiger partial charge on any atom is -0.390 e. The standard InChI is InChI=1S/C15H29N3O2/c1-12-4-8-18(9-5-12)11-13(19)10-16-14(20)15(2)6-3-7-17-15/h12-13,17,19H,3-11H2,1-2H3,(H,16,20). The van der Waals surface area contributed by atoms with Gasteiger partial charge in [-0.25, -0.2) is 0 Å². The van der Waals surface area contributed by atoms with E-state index < -0.39 is 11.6 Å². The number of nitrogens with one attached hydrogen (secondary N) is 2. The Bertz CT molecular complexity index is 321. The van der Waals surface area contributed by atoms with Crippen LogP contribution in [0, 0.1) is 5.92 Å². The fraction of sp³-hybridized carbons (Fsp3) is 0.933. The minimum atomic E-state index is -0.475. The van der Waals surface area contributed by atoms with Gasteiger partial charge in [-0.3, -0.25) is 4.79 Å². The zero-order valence-electron chi connectivity index (χ0n) is 12.8. The van der Waals surface area contributed by atoms with Gasteiger partial charge in [0.05, 0.1) is 11.6 Å². The van der Waals surface area contributed by atoms with E-state index in [4.69, 9.17) is 0 Å². The Balaban J connectivity index is 1.67. The van der Waals surface area contributed by atoms with Crippen LogP contribution < -0.4 is 10.6 Å². The summed E-state index contributed by atoms with van der Waals surface area (Å²) in [6, 6.07) is 0. The first-order valence-electron chi connectivity index (χ1n) is 7.93. The van der Waals surface area contributed by atoms with Crippen molar-refractivity contribution < 1.29 is 9.90 Å². The van der Waals surface area contributed by atoms with Crippen molar-refractivity contribution in [2.45, 2.75) is 51.2 Å². The van der Waals surface area contributed by atoms with Gasteiger partial charge in [0.1, 0.15) is 0 Å². The number of aliphatic hydroxyl groups excluding tert-OH is 1. The summed E-state index contributed by atoms with van der Waals surface area (Å²) in [4.78, 5) is 14.4. The number of carbonyl (C=O) groups excluding carboxylic acids is 1. The van der Waals surface area contributed by atoms with E-state index in [0.717, 1.165) is 38.4 Å². The summed E-state index contributed by atoms with van der Waals surface area (Å²) in [5.41, 5.74) is -0.444. The summed E-state index contributed by atoms with van der Waals surface area (Å²) in [6.07, 6.45) is 3.86. The average Bonchev–Trinajstić information content (AvgIpc) is 2.87. The molecule has 0 aliphatic carbocycles. The molecule has 0 radical (unpaired) electrons. The second-order valence-electron chi connectivity index (χ2n) is 6.71. The van der Waals surface area contributed by atoms with Crippen LogP contribution in [0.5, 0.6) is 0 Å². The van der Waals surface area contributed by atoms with Gasteiger partial charge in [0.15, 0.2) is 0 Å². The molecule has 0 aromatic heterocycles. The number of piperidine rings is 1. The van der Waals surface area contributed by atoms with Crippen molar-refractivity contribution in [2.75, 3.05) is 32.7 Å². The molecule has 2 heterocycles. The molecule has 5 nitrogen and oxygen atoms in total. The lowest BCUT2D eigenvalue weighted by molar-refractivity contribution is -0.127. The van der Waals surface area contributed by atoms with Gasteiger partial charge in [-0.15, -0.1) is 0 Å². The maximum absolute atomic E-state index is 12.1. The molecule has 1 amide bonds. The first-order chi connectivity index (χ1) is 9.49. The number of β-amino-alcohol motifs (C(OH)–C–C–N with tert-alkyl or cyclic N) is 1. The molecule has 2 saturated heterocycles. The lowest BCUT2D eigenvalue weighted by Gasteiger charge is -2.32. The van der Waals surface area contributed by atoms with Gasteiger partial charge in [0, 0.05) is 13.1 Å². The Hall–Kier alpha value is -0.650. The number of carbonyl (C=O) groups is 1. The van der Waals surface area contributed by atoms with Crippen molar-refractivity contribution in [1.82, 2.24) is 15.5 Å². The van der Waals surface area contributed by atoms with Crippen LogP contribution in [0.15, 0.2) is 0 Å². The Morgan fingerprint density at radius 3 is 2.80 bits per heavy atom. The molecule has 2 atom stereocenters. The summed E-state index contributed by atoms with van der Waals surface area (Å²) in [7, 11) is 0. The largest absolute Gasteiger partial charge is 0.390 e. The molecule has 0 aromatic rings. The van der Waals surface area contributed by atoms with Gasteiger partial charge >= 0.3 is 0 Å². The number of amides is 1. The van der Waals surface area contributed by atoms with Crippen molar-refractivity contribution in [3.8, 4) is 0 Å². The van der Waals surface area contributed by atoms with Crippen LogP contribution in [0.3, 0.4) is 0 Å². The number of rotatable bonds is 5. The first-order valence-corrected chi connectivity index (χ1v) is 7.93. The van der Waals surface area contributed by atoms with Crippen LogP contribution in [-0.4, -0.2) is 60.3 Å². The zero-order chi connectivity index (χ0) is 14.6. The number of hydrogen-bond acceptors (Lipinski definition) is 4. The van der Waals surface area contributed by atoms with Crippen molar-refractivity contribution in [3.05, 3.63) is 0 Å². The SMILES string of the molecule is CC1CCN(CC(O)CNC(=O)C2(C)CCCN2)CC1. The fourth-order valence-corrected chi connectivity index (χ4v) is 3.10. The molecule has 3 N–H and O–H groups in total. The quantitative estimate of drug-likeness (QED) is 0.681. The Labute approximate surface area is 122 Å². The Morgan fingerprint density at radius 2 is 2.20 bits per heavy atom. The highest BCUT2D eigenvalue weighted by Crippen LogP contribution is 2.18. The van der Waals surface area contributed by atoms with Gasteiger partial charge in [-0.05, 0) is 58.2 Å². The van der Waals surface area contributed by atoms with Gasteiger partial charge in [0.25, 0.3) is 0 Å². The zero-order valence-corrected chi connectivity index (χ0v) is 12.8. The maximum Gasteiger partial charge on any atom is 0.240 e. The van der Waals surface area contributed by atoms with Crippen LogP contribution in [-0.2, 0) is 4.79 Å². The second-order valence-corrected chi connectivity index (χ2v) is 6.71. The van der Waals surface area contributed by atoms with Crippen LogP contribution in [0.1, 0.15) is 39.5 Å². The summed E-state index contributed by atoms with van der Waals surface area (Å²) < 4.78 is 0. The smallest absolute Gasteiger partial charge is 0.240 e. The highest BCUT2D eigenvalue weighted by Gasteiger charge is 2.35. The molecule has 2 unspecified atom stereocenters. The minimum absolute atomic E-state index is 0.0151. The second kappa shape index (κ2) is 6.87. The molecule has 20 heavy (non-hydrogen) atoms. The normalized spacial score (nSPS) is 30.4. The first kappa shape index (κ1) is 15.7. The molecule has 2 fully saturated rings. The molecule has 116 valence electrons. The van der Waals surface area contributed by atoms with Gasteiger partial charge in [-0.2, -0.15) is 0 Å². The van der Waals surface area contributed by atoms with E-state index >= 15 is 0 Å². The van der Waals surface area contributed by atoms with E-state index in [9.17, 15) is 9.90 Å². The van der Waals surface area contributed by atoms with E-state index in [-0.39, 0.29) is 5.91 Å². The summed E-state index contributed by atoms with van der Waals surface area (Å²) in [6.45, 7) is 8.26. The van der Waals surface area contributed by atoms with E-state index in [1.165, 1.54) is 12.8 Å². The highest BCUT2D eigenvalue weighted by molar-refractivity contribution is 5.86. The van der Waals surface area contributed by atoms with E-state index in [2.05, 4.69) is 22.5 Å². The summed E-state index contributed by atoms with van der Waals surface area (Å²) >= 11 is 0. The van der Waals surface area contributed by atoms with Crippen molar-refractivity contribution in [2.24, 2.45) is 5.92 Å². The van der Waals surface area contributed by atoms with E-state index in [1.807, 2.05) is 6.92 Å². The molecule has 0 aromatic carbocycles. The van der Waals surface area contributed by atoms with Crippen LogP contribution in [0.4, 0.5) is 0 Å². The maximum atomic E-state index is 12.1. The number of nitrogens with zero attached hydrogens (tertiary/aromatic N) is 1. The molecule has 0 spiro atoms. The molecular weight excluding hydrogens is 254 g/mol. The third-order valence-electron chi connectivity index (χ3n) is 4.71. The lowest BCUT2D eigenvalue weighted by atomic mass is 9.98.